The molecule has 0 aromatic heterocycles. The van der Waals surface area contributed by atoms with Gasteiger partial charge < -0.3 is 5.32 Å². The minimum Gasteiger partial charge on any atom is -0.338 e. The van der Waals surface area contributed by atoms with Crippen molar-refractivity contribution in [2.24, 2.45) is 0 Å². The Balaban J connectivity index is 2.85. The van der Waals surface area contributed by atoms with E-state index < -0.39 is 0 Å². The van der Waals surface area contributed by atoms with Crippen molar-refractivity contribution in [3.63, 3.8) is 0 Å². The molecule has 0 heterocycles. The molecule has 1 unspecified atom stereocenters. The van der Waals surface area contributed by atoms with Crippen LogP contribution in [-0.2, 0) is 0 Å². The monoisotopic (exact) mass is 235 g/mol. The summed E-state index contributed by atoms with van der Waals surface area (Å²) in [5, 5.41) is 3.40. The molecule has 0 saturated carbocycles. The lowest BCUT2D eigenvalue weighted by Gasteiger charge is -2.12. The molecule has 0 spiro atoms. The zero-order chi connectivity index (χ0) is 12.1. The lowest BCUT2D eigenvalue weighted by Crippen LogP contribution is -2.33. The van der Waals surface area contributed by atoms with Crippen LogP contribution in [0.5, 0.6) is 0 Å². The van der Waals surface area contributed by atoms with E-state index in [-0.39, 0.29) is 11.9 Å². The number of nitrogens with one attached hydrogen (secondary N) is 1. The molecule has 2 nitrogen and oxygen atoms in total. The fourth-order valence-electron chi connectivity index (χ4n) is 1.38. The Hall–Kier alpha value is -1.46. The van der Waals surface area contributed by atoms with Gasteiger partial charge in [0, 0.05) is 10.6 Å². The van der Waals surface area contributed by atoms with E-state index in [1.165, 1.54) is 0 Å². The van der Waals surface area contributed by atoms with E-state index in [0.717, 1.165) is 12.0 Å². The topological polar surface area (TPSA) is 29.1 Å². The van der Waals surface area contributed by atoms with Gasteiger partial charge in [-0.15, -0.1) is 6.42 Å². The fraction of sp³-hybridized carbons (Fsp3) is 0.308. The van der Waals surface area contributed by atoms with E-state index >= 15 is 0 Å². The zero-order valence-electron chi connectivity index (χ0n) is 9.38. The van der Waals surface area contributed by atoms with Crippen molar-refractivity contribution in [1.29, 1.82) is 0 Å². The van der Waals surface area contributed by atoms with Crippen molar-refractivity contribution >= 4 is 17.5 Å². The molecule has 0 saturated heterocycles. The van der Waals surface area contributed by atoms with Crippen LogP contribution in [0.25, 0.3) is 0 Å². The molecule has 0 fully saturated rings. The van der Waals surface area contributed by atoms with Gasteiger partial charge in [-0.2, -0.15) is 0 Å². The smallest absolute Gasteiger partial charge is 0.252 e. The van der Waals surface area contributed by atoms with Crippen LogP contribution in [0.15, 0.2) is 18.2 Å². The lowest BCUT2D eigenvalue weighted by molar-refractivity contribution is 0.0944. The molecule has 3 heteroatoms. The second-order valence-electron chi connectivity index (χ2n) is 3.56. The highest BCUT2D eigenvalue weighted by atomic mass is 35.5. The molecule has 16 heavy (non-hydrogen) atoms. The number of terminal acetylenes is 1. The van der Waals surface area contributed by atoms with Crippen LogP contribution in [-0.4, -0.2) is 11.9 Å². The van der Waals surface area contributed by atoms with E-state index in [1.54, 1.807) is 18.2 Å². The highest BCUT2D eigenvalue weighted by molar-refractivity contribution is 6.30. The van der Waals surface area contributed by atoms with Crippen LogP contribution in [0.4, 0.5) is 0 Å². The second kappa shape index (κ2) is 5.58. The van der Waals surface area contributed by atoms with Crippen LogP contribution in [0.2, 0.25) is 5.02 Å². The average Bonchev–Trinajstić information content (AvgIpc) is 2.25. The molecule has 1 rings (SSSR count). The maximum Gasteiger partial charge on any atom is 0.252 e. The summed E-state index contributed by atoms with van der Waals surface area (Å²) in [4.78, 5) is 11.9. The number of amides is 1. The van der Waals surface area contributed by atoms with Crippen molar-refractivity contribution in [1.82, 2.24) is 5.32 Å². The molecule has 1 atom stereocenters. The Bertz CT molecular complexity index is 434. The SMILES string of the molecule is C#CC(CC)NC(=O)c1ccc(Cl)cc1C. The van der Waals surface area contributed by atoms with Gasteiger partial charge in [0.15, 0.2) is 0 Å². The summed E-state index contributed by atoms with van der Waals surface area (Å²) >= 11 is 5.82. The number of rotatable bonds is 3. The molecule has 1 aromatic carbocycles. The fourth-order valence-corrected chi connectivity index (χ4v) is 1.61. The molecule has 0 bridgehead atoms. The number of aryl methyl sites for hydroxylation is 1. The predicted octanol–water partition coefficient (Wildman–Crippen LogP) is 2.79. The molecule has 1 aromatic rings. The van der Waals surface area contributed by atoms with Gasteiger partial charge in [0.2, 0.25) is 0 Å². The van der Waals surface area contributed by atoms with E-state index in [0.29, 0.717) is 10.6 Å². The van der Waals surface area contributed by atoms with Gasteiger partial charge in [-0.1, -0.05) is 24.4 Å². The van der Waals surface area contributed by atoms with Crippen molar-refractivity contribution in [3.05, 3.63) is 34.3 Å². The Kier molecular flexibility index (Phi) is 4.39. The third kappa shape index (κ3) is 3.01. The number of hydrogen-bond acceptors (Lipinski definition) is 1. The van der Waals surface area contributed by atoms with E-state index in [2.05, 4.69) is 11.2 Å². The van der Waals surface area contributed by atoms with E-state index in [9.17, 15) is 4.79 Å². The molecule has 84 valence electrons. The number of carbonyl (C=O) groups is 1. The first-order valence-corrected chi connectivity index (χ1v) is 5.49. The normalized spacial score (nSPS) is 11.6. The lowest BCUT2D eigenvalue weighted by atomic mass is 10.1. The molecule has 1 amide bonds. The summed E-state index contributed by atoms with van der Waals surface area (Å²) < 4.78 is 0. The standard InChI is InChI=1S/C13H14ClNO/c1-4-11(5-2)15-13(16)12-7-6-10(14)8-9(12)3/h1,6-8,11H,5H2,2-3H3,(H,15,16). The third-order valence-corrected chi connectivity index (χ3v) is 2.58. The zero-order valence-corrected chi connectivity index (χ0v) is 10.1. The number of halogens is 1. The minimum atomic E-state index is -0.220. The van der Waals surface area contributed by atoms with Gasteiger partial charge in [0.05, 0.1) is 6.04 Å². The van der Waals surface area contributed by atoms with Crippen molar-refractivity contribution in [2.45, 2.75) is 26.3 Å². The second-order valence-corrected chi connectivity index (χ2v) is 4.00. The van der Waals surface area contributed by atoms with Crippen LogP contribution in [0.1, 0.15) is 29.3 Å². The Morgan fingerprint density at radius 2 is 2.31 bits per heavy atom. The molecule has 0 aliphatic rings. The van der Waals surface area contributed by atoms with Crippen molar-refractivity contribution in [2.75, 3.05) is 0 Å². The minimum absolute atomic E-state index is 0.154. The highest BCUT2D eigenvalue weighted by Gasteiger charge is 2.12. The van der Waals surface area contributed by atoms with Crippen LogP contribution < -0.4 is 5.32 Å². The van der Waals surface area contributed by atoms with Gasteiger partial charge in [0.25, 0.3) is 5.91 Å². The Morgan fingerprint density at radius 3 is 2.81 bits per heavy atom. The first kappa shape index (κ1) is 12.6. The van der Waals surface area contributed by atoms with E-state index in [4.69, 9.17) is 18.0 Å². The average molecular weight is 236 g/mol. The Morgan fingerprint density at radius 1 is 1.62 bits per heavy atom. The molecule has 0 aliphatic carbocycles. The van der Waals surface area contributed by atoms with Crippen molar-refractivity contribution in [3.8, 4) is 12.3 Å². The van der Waals surface area contributed by atoms with Gasteiger partial charge >= 0.3 is 0 Å². The molecule has 0 radical (unpaired) electrons. The molecule has 1 N–H and O–H groups in total. The summed E-state index contributed by atoms with van der Waals surface area (Å²) in [7, 11) is 0. The summed E-state index contributed by atoms with van der Waals surface area (Å²) in [6, 6.07) is 4.94. The largest absolute Gasteiger partial charge is 0.338 e. The summed E-state index contributed by atoms with van der Waals surface area (Å²) in [5.74, 6) is 2.37. The van der Waals surface area contributed by atoms with Gasteiger partial charge in [0.1, 0.15) is 0 Å². The Labute approximate surface area is 101 Å². The predicted molar refractivity (Wildman–Crippen MR) is 66.6 cm³/mol. The van der Waals surface area contributed by atoms with Gasteiger partial charge in [-0.05, 0) is 37.1 Å². The van der Waals surface area contributed by atoms with Crippen molar-refractivity contribution < 1.29 is 4.79 Å². The summed E-state index contributed by atoms with van der Waals surface area (Å²) in [6.45, 7) is 3.77. The number of carbonyl (C=O) groups excluding carboxylic acids is 1. The molecule has 0 aliphatic heterocycles. The number of benzene rings is 1. The molecular weight excluding hydrogens is 222 g/mol. The highest BCUT2D eigenvalue weighted by Crippen LogP contribution is 2.15. The van der Waals surface area contributed by atoms with E-state index in [1.807, 2.05) is 13.8 Å². The van der Waals surface area contributed by atoms with Crippen LogP contribution in [0.3, 0.4) is 0 Å². The third-order valence-electron chi connectivity index (χ3n) is 2.35. The molecular formula is C13H14ClNO. The van der Waals surface area contributed by atoms with Crippen LogP contribution in [0, 0.1) is 19.3 Å². The van der Waals surface area contributed by atoms with Crippen LogP contribution >= 0.6 is 11.6 Å². The summed E-state index contributed by atoms with van der Waals surface area (Å²) in [5.41, 5.74) is 1.45. The maximum absolute atomic E-state index is 11.9. The van der Waals surface area contributed by atoms with Gasteiger partial charge in [-0.3, -0.25) is 4.79 Å². The first-order valence-electron chi connectivity index (χ1n) is 5.11. The maximum atomic E-state index is 11.9. The number of hydrogen-bond donors (Lipinski definition) is 1. The van der Waals surface area contributed by atoms with Gasteiger partial charge in [-0.25, -0.2) is 0 Å². The summed E-state index contributed by atoms with van der Waals surface area (Å²) in [6.07, 6.45) is 6.00. The quantitative estimate of drug-likeness (QED) is 0.802. The first-order chi connectivity index (χ1) is 7.58.